The summed E-state index contributed by atoms with van der Waals surface area (Å²) in [5.41, 5.74) is 1.26. The third-order valence-corrected chi connectivity index (χ3v) is 2.75. The molecule has 1 aromatic rings. The van der Waals surface area contributed by atoms with Gasteiger partial charge in [-0.25, -0.2) is 4.39 Å². The monoisotopic (exact) mass is 227 g/mol. The largest absolute Gasteiger partial charge is 0.394 e. The van der Waals surface area contributed by atoms with Gasteiger partial charge in [0.15, 0.2) is 0 Å². The second-order valence-electron chi connectivity index (χ2n) is 4.02. The highest BCUT2D eigenvalue weighted by Gasteiger charge is 2.16. The molecule has 0 saturated heterocycles. The summed E-state index contributed by atoms with van der Waals surface area (Å²) in [7, 11) is 1.81. The summed E-state index contributed by atoms with van der Waals surface area (Å²) in [4.78, 5) is 1.82. The van der Waals surface area contributed by atoms with Gasteiger partial charge < -0.3 is 15.1 Å². The Balaban J connectivity index is 3.12. The van der Waals surface area contributed by atoms with Gasteiger partial charge in [0.1, 0.15) is 5.82 Å². The number of anilines is 1. The minimum atomic E-state index is -0.737. The highest BCUT2D eigenvalue weighted by Crippen LogP contribution is 2.27. The Morgan fingerprint density at radius 1 is 1.38 bits per heavy atom. The Hall–Kier alpha value is -1.13. The SMILES string of the molecule is CC(O)c1cc(F)ccc1N(C)C(C)CO. The summed E-state index contributed by atoms with van der Waals surface area (Å²) >= 11 is 0. The average molecular weight is 227 g/mol. The van der Waals surface area contributed by atoms with E-state index in [9.17, 15) is 9.50 Å². The van der Waals surface area contributed by atoms with E-state index in [1.165, 1.54) is 12.1 Å². The molecule has 1 rings (SSSR count). The van der Waals surface area contributed by atoms with Crippen LogP contribution in [-0.4, -0.2) is 29.9 Å². The molecule has 0 aromatic heterocycles. The van der Waals surface area contributed by atoms with Crippen molar-refractivity contribution in [3.8, 4) is 0 Å². The van der Waals surface area contributed by atoms with Crippen molar-refractivity contribution >= 4 is 5.69 Å². The molecule has 0 radical (unpaired) electrons. The molecule has 90 valence electrons. The summed E-state index contributed by atoms with van der Waals surface area (Å²) in [6, 6.07) is 4.20. The molecule has 0 saturated carbocycles. The second kappa shape index (κ2) is 5.27. The fourth-order valence-electron chi connectivity index (χ4n) is 1.54. The molecule has 2 unspecified atom stereocenters. The zero-order chi connectivity index (χ0) is 12.3. The van der Waals surface area contributed by atoms with Crippen LogP contribution < -0.4 is 4.90 Å². The molecular weight excluding hydrogens is 209 g/mol. The van der Waals surface area contributed by atoms with Crippen LogP contribution in [0.4, 0.5) is 10.1 Å². The van der Waals surface area contributed by atoms with Crippen LogP contribution in [0.2, 0.25) is 0 Å². The van der Waals surface area contributed by atoms with Crippen LogP contribution in [0, 0.1) is 5.82 Å². The number of likely N-dealkylation sites (N-methyl/N-ethyl adjacent to an activating group) is 1. The highest BCUT2D eigenvalue weighted by atomic mass is 19.1. The number of aliphatic hydroxyl groups excluding tert-OH is 2. The van der Waals surface area contributed by atoms with Gasteiger partial charge in [0, 0.05) is 24.3 Å². The van der Waals surface area contributed by atoms with E-state index in [1.807, 2.05) is 11.8 Å². The molecule has 2 atom stereocenters. The minimum absolute atomic E-state index is 0.00707. The molecule has 0 heterocycles. The molecular formula is C12H18FNO2. The van der Waals surface area contributed by atoms with Crippen molar-refractivity contribution in [1.29, 1.82) is 0 Å². The zero-order valence-electron chi connectivity index (χ0n) is 9.81. The van der Waals surface area contributed by atoms with Gasteiger partial charge in [-0.15, -0.1) is 0 Å². The minimum Gasteiger partial charge on any atom is -0.394 e. The Bertz CT molecular complexity index is 355. The topological polar surface area (TPSA) is 43.7 Å². The molecule has 16 heavy (non-hydrogen) atoms. The van der Waals surface area contributed by atoms with E-state index in [2.05, 4.69) is 0 Å². The molecule has 0 bridgehead atoms. The smallest absolute Gasteiger partial charge is 0.123 e. The lowest BCUT2D eigenvalue weighted by Gasteiger charge is -2.28. The zero-order valence-corrected chi connectivity index (χ0v) is 9.81. The van der Waals surface area contributed by atoms with Crippen molar-refractivity contribution in [2.75, 3.05) is 18.6 Å². The van der Waals surface area contributed by atoms with Crippen molar-refractivity contribution in [3.63, 3.8) is 0 Å². The van der Waals surface area contributed by atoms with Crippen molar-refractivity contribution < 1.29 is 14.6 Å². The predicted molar refractivity (Wildman–Crippen MR) is 62.0 cm³/mol. The van der Waals surface area contributed by atoms with Gasteiger partial charge in [0.25, 0.3) is 0 Å². The standard InChI is InChI=1S/C12H18FNO2/c1-8(7-15)14(3)12-5-4-10(13)6-11(12)9(2)16/h4-6,8-9,15-16H,7H2,1-3H3. The summed E-state index contributed by atoms with van der Waals surface area (Å²) in [6.45, 7) is 3.46. The fourth-order valence-corrected chi connectivity index (χ4v) is 1.54. The van der Waals surface area contributed by atoms with E-state index in [4.69, 9.17) is 5.11 Å². The van der Waals surface area contributed by atoms with E-state index in [0.29, 0.717) is 5.56 Å². The van der Waals surface area contributed by atoms with Gasteiger partial charge in [0.2, 0.25) is 0 Å². The number of halogens is 1. The lowest BCUT2D eigenvalue weighted by Crippen LogP contribution is -2.32. The number of hydrogen-bond acceptors (Lipinski definition) is 3. The normalized spacial score (nSPS) is 14.6. The Labute approximate surface area is 95.1 Å². The summed E-state index contributed by atoms with van der Waals surface area (Å²) < 4.78 is 13.1. The third-order valence-electron chi connectivity index (χ3n) is 2.75. The van der Waals surface area contributed by atoms with Gasteiger partial charge in [0.05, 0.1) is 12.7 Å². The second-order valence-corrected chi connectivity index (χ2v) is 4.02. The summed E-state index contributed by atoms with van der Waals surface area (Å²) in [5.74, 6) is -0.371. The fraction of sp³-hybridized carbons (Fsp3) is 0.500. The Kier molecular flexibility index (Phi) is 4.26. The number of hydrogen-bond donors (Lipinski definition) is 2. The van der Waals surface area contributed by atoms with Crippen LogP contribution in [-0.2, 0) is 0 Å². The molecule has 0 aliphatic heterocycles. The van der Waals surface area contributed by atoms with E-state index in [1.54, 1.807) is 20.0 Å². The van der Waals surface area contributed by atoms with Crippen LogP contribution in [0.5, 0.6) is 0 Å². The van der Waals surface area contributed by atoms with Crippen LogP contribution in [0.15, 0.2) is 18.2 Å². The third kappa shape index (κ3) is 2.71. The first-order valence-corrected chi connectivity index (χ1v) is 5.28. The van der Waals surface area contributed by atoms with Crippen molar-refractivity contribution in [1.82, 2.24) is 0 Å². The molecule has 0 amide bonds. The maximum absolute atomic E-state index is 13.1. The van der Waals surface area contributed by atoms with Crippen molar-refractivity contribution in [3.05, 3.63) is 29.6 Å². The van der Waals surface area contributed by atoms with Gasteiger partial charge >= 0.3 is 0 Å². The lowest BCUT2D eigenvalue weighted by atomic mass is 10.1. The van der Waals surface area contributed by atoms with E-state index < -0.39 is 6.10 Å². The van der Waals surface area contributed by atoms with Crippen molar-refractivity contribution in [2.45, 2.75) is 26.0 Å². The summed E-state index contributed by atoms with van der Waals surface area (Å²) in [6.07, 6.45) is -0.737. The first kappa shape index (κ1) is 12.9. The number of nitrogens with zero attached hydrogens (tertiary/aromatic N) is 1. The summed E-state index contributed by atoms with van der Waals surface area (Å²) in [5, 5.41) is 18.6. The Morgan fingerprint density at radius 3 is 2.50 bits per heavy atom. The van der Waals surface area contributed by atoms with Crippen LogP contribution in [0.3, 0.4) is 0 Å². The quantitative estimate of drug-likeness (QED) is 0.822. The van der Waals surface area contributed by atoms with Crippen LogP contribution in [0.25, 0.3) is 0 Å². The molecule has 0 fully saturated rings. The Morgan fingerprint density at radius 2 is 2.00 bits per heavy atom. The molecule has 0 aliphatic carbocycles. The highest BCUT2D eigenvalue weighted by molar-refractivity contribution is 5.54. The first-order chi connectivity index (χ1) is 7.47. The average Bonchev–Trinajstić information content (AvgIpc) is 2.26. The van der Waals surface area contributed by atoms with Crippen molar-refractivity contribution in [2.24, 2.45) is 0 Å². The van der Waals surface area contributed by atoms with E-state index >= 15 is 0 Å². The molecule has 4 heteroatoms. The van der Waals surface area contributed by atoms with E-state index in [-0.39, 0.29) is 18.5 Å². The maximum atomic E-state index is 13.1. The van der Waals surface area contributed by atoms with Gasteiger partial charge in [-0.1, -0.05) is 0 Å². The molecule has 2 N–H and O–H groups in total. The molecule has 1 aromatic carbocycles. The maximum Gasteiger partial charge on any atom is 0.123 e. The first-order valence-electron chi connectivity index (χ1n) is 5.28. The molecule has 0 aliphatic rings. The number of aliphatic hydroxyl groups is 2. The van der Waals surface area contributed by atoms with Gasteiger partial charge in [-0.3, -0.25) is 0 Å². The number of benzene rings is 1. The van der Waals surface area contributed by atoms with Gasteiger partial charge in [-0.2, -0.15) is 0 Å². The molecule has 0 spiro atoms. The van der Waals surface area contributed by atoms with Crippen LogP contribution in [0.1, 0.15) is 25.5 Å². The lowest BCUT2D eigenvalue weighted by molar-refractivity contribution is 0.198. The van der Waals surface area contributed by atoms with Crippen LogP contribution >= 0.6 is 0 Å². The predicted octanol–water partition coefficient (Wildman–Crippen LogP) is 1.70. The number of rotatable bonds is 4. The van der Waals surface area contributed by atoms with E-state index in [0.717, 1.165) is 5.69 Å². The van der Waals surface area contributed by atoms with Gasteiger partial charge in [-0.05, 0) is 32.0 Å². The molecule has 3 nitrogen and oxygen atoms in total.